The van der Waals surface area contributed by atoms with Gasteiger partial charge in [0.1, 0.15) is 0 Å². The van der Waals surface area contributed by atoms with Gasteiger partial charge < -0.3 is 19.9 Å². The molecule has 0 unspecified atom stereocenters. The highest BCUT2D eigenvalue weighted by Crippen LogP contribution is 2.37. The van der Waals surface area contributed by atoms with Gasteiger partial charge in [0.2, 0.25) is 0 Å². The molecule has 8 nitrogen and oxygen atoms in total. The van der Waals surface area contributed by atoms with Gasteiger partial charge in [-0.3, -0.25) is 10.1 Å². The minimum absolute atomic E-state index is 0.0915. The Labute approximate surface area is 169 Å². The molecule has 0 saturated carbocycles. The van der Waals surface area contributed by atoms with Gasteiger partial charge in [-0.1, -0.05) is 38.8 Å². The van der Waals surface area contributed by atoms with E-state index in [-0.39, 0.29) is 16.5 Å². The maximum atomic E-state index is 12.6. The van der Waals surface area contributed by atoms with Gasteiger partial charge >= 0.3 is 12.0 Å². The largest absolute Gasteiger partial charge is 0.490 e. The van der Waals surface area contributed by atoms with Crippen LogP contribution in [0.1, 0.15) is 50.9 Å². The van der Waals surface area contributed by atoms with Gasteiger partial charge in [-0.2, -0.15) is 0 Å². The van der Waals surface area contributed by atoms with Crippen LogP contribution in [0.3, 0.4) is 0 Å². The molecule has 0 spiro atoms. The number of imide groups is 1. The summed E-state index contributed by atoms with van der Waals surface area (Å²) in [5, 5.41) is 2.11. The van der Waals surface area contributed by atoms with Crippen LogP contribution in [0, 0.1) is 5.92 Å². The molecular formula is C19H27ClN2O6. The van der Waals surface area contributed by atoms with Crippen LogP contribution in [0.4, 0.5) is 4.79 Å². The van der Waals surface area contributed by atoms with Gasteiger partial charge in [0.15, 0.2) is 17.6 Å². The van der Waals surface area contributed by atoms with E-state index in [1.54, 1.807) is 20.8 Å². The first kappa shape index (κ1) is 23.6. The lowest BCUT2D eigenvalue weighted by molar-refractivity contribution is -0.130. The molecule has 0 saturated heterocycles. The highest BCUT2D eigenvalue weighted by Gasteiger charge is 2.28. The van der Waals surface area contributed by atoms with Crippen LogP contribution in [0.5, 0.6) is 11.5 Å². The van der Waals surface area contributed by atoms with Crippen molar-refractivity contribution in [3.63, 3.8) is 0 Å². The van der Waals surface area contributed by atoms with Crippen molar-refractivity contribution in [3.05, 3.63) is 22.7 Å². The molecule has 1 atom stereocenters. The fourth-order valence-corrected chi connectivity index (χ4v) is 2.54. The topological polar surface area (TPSA) is 117 Å². The van der Waals surface area contributed by atoms with Crippen LogP contribution in [0.15, 0.2) is 12.1 Å². The zero-order valence-electron chi connectivity index (χ0n) is 16.5. The molecule has 1 aromatic carbocycles. The molecule has 0 aromatic heterocycles. The van der Waals surface area contributed by atoms with Crippen LogP contribution >= 0.6 is 11.6 Å². The Bertz CT molecular complexity index is 708. The van der Waals surface area contributed by atoms with Crippen molar-refractivity contribution in [1.29, 1.82) is 0 Å². The molecule has 0 radical (unpaired) electrons. The lowest BCUT2D eigenvalue weighted by atomic mass is 10.1. The smallest absolute Gasteiger partial charge is 0.339 e. The monoisotopic (exact) mass is 414 g/mol. The number of benzene rings is 1. The van der Waals surface area contributed by atoms with Crippen molar-refractivity contribution in [1.82, 2.24) is 5.32 Å². The Morgan fingerprint density at radius 1 is 1.18 bits per heavy atom. The first-order valence-electron chi connectivity index (χ1n) is 9.11. The maximum absolute atomic E-state index is 12.6. The number of rotatable bonds is 10. The molecule has 1 rings (SSSR count). The number of urea groups is 1. The number of primary amides is 1. The molecule has 0 bridgehead atoms. The lowest BCUT2D eigenvalue weighted by Crippen LogP contribution is -2.45. The molecule has 0 heterocycles. The lowest BCUT2D eigenvalue weighted by Gasteiger charge is -2.20. The van der Waals surface area contributed by atoms with Crippen molar-refractivity contribution in [3.8, 4) is 11.5 Å². The first-order valence-corrected chi connectivity index (χ1v) is 9.49. The first-order chi connectivity index (χ1) is 13.2. The number of halogens is 1. The summed E-state index contributed by atoms with van der Waals surface area (Å²) in [4.78, 5) is 35.5. The Hall–Kier alpha value is -2.48. The second-order valence-corrected chi connectivity index (χ2v) is 6.75. The van der Waals surface area contributed by atoms with Crippen molar-refractivity contribution in [2.24, 2.45) is 11.7 Å². The number of nitrogens with two attached hydrogens (primary N) is 1. The number of esters is 1. The molecule has 1 aromatic rings. The molecule has 0 aliphatic rings. The molecular weight excluding hydrogens is 388 g/mol. The Kier molecular flexibility index (Phi) is 9.58. The third kappa shape index (κ3) is 6.92. The highest BCUT2D eigenvalue weighted by molar-refractivity contribution is 6.32. The predicted molar refractivity (Wildman–Crippen MR) is 105 cm³/mol. The summed E-state index contributed by atoms with van der Waals surface area (Å²) in [6, 6.07) is 1.81. The predicted octanol–water partition coefficient (Wildman–Crippen LogP) is 3.29. The van der Waals surface area contributed by atoms with E-state index in [4.69, 9.17) is 31.5 Å². The van der Waals surface area contributed by atoms with Gasteiger partial charge in [0.05, 0.1) is 23.8 Å². The number of amides is 3. The maximum Gasteiger partial charge on any atom is 0.339 e. The molecule has 0 aliphatic carbocycles. The normalized spacial score (nSPS) is 11.6. The second kappa shape index (κ2) is 11.4. The molecule has 0 aliphatic heterocycles. The number of ether oxygens (including phenoxy) is 3. The molecule has 9 heteroatoms. The fourth-order valence-electron chi connectivity index (χ4n) is 2.28. The summed E-state index contributed by atoms with van der Waals surface area (Å²) in [6.45, 7) is 7.96. The van der Waals surface area contributed by atoms with Crippen LogP contribution in [0.2, 0.25) is 5.02 Å². The van der Waals surface area contributed by atoms with E-state index in [2.05, 4.69) is 0 Å². The van der Waals surface area contributed by atoms with E-state index < -0.39 is 24.0 Å². The highest BCUT2D eigenvalue weighted by atomic mass is 35.5. The van der Waals surface area contributed by atoms with Gasteiger partial charge in [0, 0.05) is 0 Å². The molecule has 3 N–H and O–H groups in total. The van der Waals surface area contributed by atoms with Crippen LogP contribution in [0.25, 0.3) is 0 Å². The number of carbonyl (C=O) groups is 3. The number of carbonyl (C=O) groups excluding carboxylic acids is 3. The van der Waals surface area contributed by atoms with E-state index in [1.165, 1.54) is 12.1 Å². The van der Waals surface area contributed by atoms with E-state index in [0.717, 1.165) is 12.8 Å². The van der Waals surface area contributed by atoms with E-state index >= 15 is 0 Å². The van der Waals surface area contributed by atoms with Gasteiger partial charge in [-0.15, -0.1) is 0 Å². The zero-order valence-corrected chi connectivity index (χ0v) is 17.3. The van der Waals surface area contributed by atoms with Crippen LogP contribution in [-0.2, 0) is 9.53 Å². The summed E-state index contributed by atoms with van der Waals surface area (Å²) in [6.07, 6.45) is 0.599. The van der Waals surface area contributed by atoms with Gasteiger partial charge in [-0.05, 0) is 31.4 Å². The van der Waals surface area contributed by atoms with Crippen LogP contribution < -0.4 is 20.5 Å². The molecule has 156 valence electrons. The second-order valence-electron chi connectivity index (χ2n) is 6.34. The van der Waals surface area contributed by atoms with Crippen molar-refractivity contribution in [2.45, 2.75) is 46.6 Å². The van der Waals surface area contributed by atoms with Crippen molar-refractivity contribution < 1.29 is 28.6 Å². The molecule has 3 amide bonds. The summed E-state index contributed by atoms with van der Waals surface area (Å²) in [5.74, 6) is -1.32. The number of hydrogen-bond donors (Lipinski definition) is 2. The van der Waals surface area contributed by atoms with E-state index in [1.807, 2.05) is 12.2 Å². The molecule has 0 fully saturated rings. The number of hydrogen-bond acceptors (Lipinski definition) is 6. The summed E-state index contributed by atoms with van der Waals surface area (Å²) in [7, 11) is 0. The summed E-state index contributed by atoms with van der Waals surface area (Å²) in [5.41, 5.74) is 5.05. The molecule has 28 heavy (non-hydrogen) atoms. The Morgan fingerprint density at radius 2 is 1.86 bits per heavy atom. The Morgan fingerprint density at radius 3 is 2.39 bits per heavy atom. The fraction of sp³-hybridized carbons (Fsp3) is 0.526. The van der Waals surface area contributed by atoms with Crippen molar-refractivity contribution >= 4 is 29.5 Å². The number of nitrogens with one attached hydrogen (secondary N) is 1. The minimum atomic E-state index is -1.20. The SMILES string of the molecule is CCCCOc1c(Cl)cc(C(=O)O[C@@H](C(=O)NC(N)=O)C(C)C)cc1OCC. The quantitative estimate of drug-likeness (QED) is 0.448. The summed E-state index contributed by atoms with van der Waals surface area (Å²) >= 11 is 6.27. The minimum Gasteiger partial charge on any atom is -0.490 e. The number of unbranched alkanes of at least 4 members (excludes halogenated alkanes) is 1. The Balaban J connectivity index is 3.08. The average molecular weight is 415 g/mol. The standard InChI is InChI=1S/C19H27ClN2O6/c1-5-7-8-27-16-13(20)9-12(10-14(16)26-6-2)18(24)28-15(11(3)4)17(23)22-19(21)25/h9-11,15H,5-8H2,1-4H3,(H3,21,22,23,25)/t15-/m1/s1. The van der Waals surface area contributed by atoms with Gasteiger partial charge in [0.25, 0.3) is 5.91 Å². The van der Waals surface area contributed by atoms with Crippen molar-refractivity contribution in [2.75, 3.05) is 13.2 Å². The third-order valence-electron chi connectivity index (χ3n) is 3.63. The average Bonchev–Trinajstić information content (AvgIpc) is 2.60. The van der Waals surface area contributed by atoms with E-state index in [0.29, 0.717) is 24.7 Å². The van der Waals surface area contributed by atoms with Crippen LogP contribution in [-0.4, -0.2) is 37.2 Å². The van der Waals surface area contributed by atoms with Gasteiger partial charge in [-0.25, -0.2) is 9.59 Å². The third-order valence-corrected chi connectivity index (χ3v) is 3.91. The zero-order chi connectivity index (χ0) is 21.3. The summed E-state index contributed by atoms with van der Waals surface area (Å²) < 4.78 is 16.5. The van der Waals surface area contributed by atoms with E-state index in [9.17, 15) is 14.4 Å².